The van der Waals surface area contributed by atoms with E-state index in [1.807, 2.05) is 30.3 Å². The standard InChI is InChI=1S/C25H22ClNO5/c1-31-21-13-9-18(10-14-21)23(28)16-32-25(30)22(15-17-5-3-2-4-6-17)27-24(29)19-7-11-20(26)12-8-19/h2-14,22H,15-16H2,1H3,(H,27,29)/t22-/m0/s1. The molecule has 164 valence electrons. The van der Waals surface area contributed by atoms with Crippen molar-refractivity contribution in [2.24, 2.45) is 0 Å². The molecule has 0 aliphatic carbocycles. The van der Waals surface area contributed by atoms with Gasteiger partial charge in [-0.2, -0.15) is 0 Å². The maximum absolute atomic E-state index is 12.8. The van der Waals surface area contributed by atoms with E-state index >= 15 is 0 Å². The van der Waals surface area contributed by atoms with Crippen LogP contribution in [0.25, 0.3) is 0 Å². The minimum Gasteiger partial charge on any atom is -0.497 e. The second-order valence-corrected chi connectivity index (χ2v) is 7.42. The summed E-state index contributed by atoms with van der Waals surface area (Å²) in [6, 6.07) is 21.1. The third-order valence-corrected chi connectivity index (χ3v) is 4.99. The molecule has 0 heterocycles. The van der Waals surface area contributed by atoms with Crippen molar-refractivity contribution in [1.82, 2.24) is 5.32 Å². The fraction of sp³-hybridized carbons (Fsp3) is 0.160. The van der Waals surface area contributed by atoms with E-state index in [2.05, 4.69) is 5.32 Å². The van der Waals surface area contributed by atoms with Crippen LogP contribution in [-0.4, -0.2) is 37.4 Å². The van der Waals surface area contributed by atoms with Crippen LogP contribution < -0.4 is 10.1 Å². The van der Waals surface area contributed by atoms with E-state index in [1.54, 1.807) is 48.5 Å². The highest BCUT2D eigenvalue weighted by Gasteiger charge is 2.24. The number of amides is 1. The fourth-order valence-electron chi connectivity index (χ4n) is 2.98. The summed E-state index contributed by atoms with van der Waals surface area (Å²) in [6.45, 7) is -0.437. The lowest BCUT2D eigenvalue weighted by Gasteiger charge is -2.18. The molecule has 32 heavy (non-hydrogen) atoms. The first kappa shape index (κ1) is 23.0. The van der Waals surface area contributed by atoms with E-state index in [1.165, 1.54) is 7.11 Å². The molecular formula is C25H22ClNO5. The molecule has 0 fully saturated rings. The monoisotopic (exact) mass is 451 g/mol. The van der Waals surface area contributed by atoms with Crippen LogP contribution in [0.3, 0.4) is 0 Å². The molecule has 0 aliphatic heterocycles. The van der Waals surface area contributed by atoms with Crippen molar-refractivity contribution >= 4 is 29.3 Å². The van der Waals surface area contributed by atoms with Gasteiger partial charge < -0.3 is 14.8 Å². The van der Waals surface area contributed by atoms with Crippen LogP contribution in [0.15, 0.2) is 78.9 Å². The Hall–Kier alpha value is -3.64. The average molecular weight is 452 g/mol. The van der Waals surface area contributed by atoms with Crippen LogP contribution in [0, 0.1) is 0 Å². The first-order valence-corrected chi connectivity index (χ1v) is 10.3. The van der Waals surface area contributed by atoms with Gasteiger partial charge in [-0.1, -0.05) is 41.9 Å². The maximum Gasteiger partial charge on any atom is 0.329 e. The topological polar surface area (TPSA) is 81.7 Å². The molecule has 0 unspecified atom stereocenters. The fourth-order valence-corrected chi connectivity index (χ4v) is 3.11. The van der Waals surface area contributed by atoms with Crippen molar-refractivity contribution in [3.8, 4) is 5.75 Å². The highest BCUT2D eigenvalue weighted by Crippen LogP contribution is 2.13. The van der Waals surface area contributed by atoms with E-state index in [9.17, 15) is 14.4 Å². The van der Waals surface area contributed by atoms with Crippen LogP contribution in [0.1, 0.15) is 26.3 Å². The van der Waals surface area contributed by atoms with Crippen molar-refractivity contribution in [2.45, 2.75) is 12.5 Å². The van der Waals surface area contributed by atoms with Crippen LogP contribution in [-0.2, 0) is 16.0 Å². The summed E-state index contributed by atoms with van der Waals surface area (Å²) in [5, 5.41) is 3.19. The number of Topliss-reactive ketones (excluding diaryl/α,β-unsaturated/α-hetero) is 1. The van der Waals surface area contributed by atoms with Crippen molar-refractivity contribution in [2.75, 3.05) is 13.7 Å². The predicted octanol–water partition coefficient (Wildman–Crippen LogP) is 4.12. The van der Waals surface area contributed by atoms with E-state index in [0.29, 0.717) is 21.9 Å². The number of methoxy groups -OCH3 is 1. The normalized spacial score (nSPS) is 11.3. The number of benzene rings is 3. The Balaban J connectivity index is 1.68. The lowest BCUT2D eigenvalue weighted by Crippen LogP contribution is -2.43. The zero-order valence-electron chi connectivity index (χ0n) is 17.4. The SMILES string of the molecule is COc1ccc(C(=O)COC(=O)[C@H](Cc2ccccc2)NC(=O)c2ccc(Cl)cc2)cc1. The van der Waals surface area contributed by atoms with Gasteiger partial charge in [-0.15, -0.1) is 0 Å². The number of carbonyl (C=O) groups is 3. The number of rotatable bonds is 9. The molecule has 0 bridgehead atoms. The molecule has 0 aromatic heterocycles. The number of carbonyl (C=O) groups excluding carboxylic acids is 3. The van der Waals surface area contributed by atoms with Crippen LogP contribution in [0.2, 0.25) is 5.02 Å². The molecular weight excluding hydrogens is 430 g/mol. The summed E-state index contributed by atoms with van der Waals surface area (Å²) in [5.41, 5.74) is 1.59. The number of hydrogen-bond acceptors (Lipinski definition) is 5. The minimum absolute atomic E-state index is 0.218. The van der Waals surface area contributed by atoms with Gasteiger partial charge in [0.15, 0.2) is 12.4 Å². The number of halogens is 1. The van der Waals surface area contributed by atoms with Gasteiger partial charge in [-0.05, 0) is 54.1 Å². The van der Waals surface area contributed by atoms with Gasteiger partial charge in [0.25, 0.3) is 5.91 Å². The summed E-state index contributed by atoms with van der Waals surface area (Å²) in [6.07, 6.45) is 0.218. The van der Waals surface area contributed by atoms with Crippen molar-refractivity contribution < 1.29 is 23.9 Å². The number of esters is 1. The van der Waals surface area contributed by atoms with Gasteiger partial charge in [0.1, 0.15) is 11.8 Å². The summed E-state index contributed by atoms with van der Waals surface area (Å²) < 4.78 is 10.3. The second kappa shape index (κ2) is 11.1. The molecule has 0 saturated carbocycles. The molecule has 1 atom stereocenters. The smallest absolute Gasteiger partial charge is 0.329 e. The Morgan fingerprint density at radius 1 is 0.875 bits per heavy atom. The largest absolute Gasteiger partial charge is 0.497 e. The molecule has 6 nitrogen and oxygen atoms in total. The quantitative estimate of drug-likeness (QED) is 0.391. The number of ether oxygens (including phenoxy) is 2. The lowest BCUT2D eigenvalue weighted by atomic mass is 10.1. The molecule has 1 amide bonds. The molecule has 0 saturated heterocycles. The maximum atomic E-state index is 12.8. The van der Waals surface area contributed by atoms with Crippen molar-refractivity contribution in [3.05, 3.63) is 101 Å². The number of hydrogen-bond donors (Lipinski definition) is 1. The number of ketones is 1. The van der Waals surface area contributed by atoms with Gasteiger partial charge >= 0.3 is 5.97 Å². The predicted molar refractivity (Wildman–Crippen MR) is 121 cm³/mol. The van der Waals surface area contributed by atoms with E-state index in [0.717, 1.165) is 5.56 Å². The Bertz CT molecular complexity index is 1070. The first-order chi connectivity index (χ1) is 15.5. The molecule has 0 spiro atoms. The Kier molecular flexibility index (Phi) is 8.00. The minimum atomic E-state index is -0.968. The highest BCUT2D eigenvalue weighted by atomic mass is 35.5. The zero-order chi connectivity index (χ0) is 22.9. The van der Waals surface area contributed by atoms with Gasteiger partial charge in [0.2, 0.25) is 0 Å². The van der Waals surface area contributed by atoms with Gasteiger partial charge in [0, 0.05) is 22.6 Å². The van der Waals surface area contributed by atoms with Crippen molar-refractivity contribution in [1.29, 1.82) is 0 Å². The van der Waals surface area contributed by atoms with E-state index in [4.69, 9.17) is 21.1 Å². The molecule has 0 radical (unpaired) electrons. The zero-order valence-corrected chi connectivity index (χ0v) is 18.2. The molecule has 3 aromatic carbocycles. The third kappa shape index (κ3) is 6.43. The number of nitrogens with one attached hydrogen (secondary N) is 1. The van der Waals surface area contributed by atoms with Gasteiger partial charge in [0.05, 0.1) is 7.11 Å². The lowest BCUT2D eigenvalue weighted by molar-refractivity contribution is -0.144. The first-order valence-electron chi connectivity index (χ1n) is 9.90. The average Bonchev–Trinajstić information content (AvgIpc) is 2.83. The van der Waals surface area contributed by atoms with Crippen molar-refractivity contribution in [3.63, 3.8) is 0 Å². The summed E-state index contributed by atoms with van der Waals surface area (Å²) >= 11 is 5.87. The van der Waals surface area contributed by atoms with Crippen LogP contribution >= 0.6 is 11.6 Å². The van der Waals surface area contributed by atoms with E-state index < -0.39 is 24.5 Å². The summed E-state index contributed by atoms with van der Waals surface area (Å²) in [7, 11) is 1.53. The Morgan fingerprint density at radius 2 is 1.50 bits per heavy atom. The summed E-state index contributed by atoms with van der Waals surface area (Å²) in [4.78, 5) is 37.8. The summed E-state index contributed by atoms with van der Waals surface area (Å²) in [5.74, 6) is -0.881. The van der Waals surface area contributed by atoms with Crippen LogP contribution in [0.5, 0.6) is 5.75 Å². The van der Waals surface area contributed by atoms with Gasteiger partial charge in [-0.25, -0.2) is 4.79 Å². The Morgan fingerprint density at radius 3 is 2.12 bits per heavy atom. The molecule has 3 rings (SSSR count). The Labute approximate surface area is 191 Å². The molecule has 1 N–H and O–H groups in total. The highest BCUT2D eigenvalue weighted by molar-refractivity contribution is 6.30. The van der Waals surface area contributed by atoms with Crippen LogP contribution in [0.4, 0.5) is 0 Å². The van der Waals surface area contributed by atoms with E-state index in [-0.39, 0.29) is 12.2 Å². The molecule has 7 heteroatoms. The molecule has 0 aliphatic rings. The molecule has 3 aromatic rings. The third-order valence-electron chi connectivity index (χ3n) is 4.74. The van der Waals surface area contributed by atoms with Gasteiger partial charge in [-0.3, -0.25) is 9.59 Å². The second-order valence-electron chi connectivity index (χ2n) is 6.98.